The SMILES string of the molecule is CCC(=O)c1cc(F)cc(Br)c1N. The lowest BCUT2D eigenvalue weighted by molar-refractivity contribution is 0.0988. The van der Waals surface area contributed by atoms with Crippen LogP contribution in [0.3, 0.4) is 0 Å². The molecule has 0 aliphatic carbocycles. The van der Waals surface area contributed by atoms with E-state index in [0.29, 0.717) is 16.6 Å². The van der Waals surface area contributed by atoms with Crippen molar-refractivity contribution in [3.8, 4) is 0 Å². The minimum atomic E-state index is -0.460. The Bertz CT molecular complexity index is 352. The average Bonchev–Trinajstić information content (AvgIpc) is 2.10. The predicted molar refractivity (Wildman–Crippen MR) is 53.1 cm³/mol. The maximum absolute atomic E-state index is 12.9. The molecule has 0 aliphatic rings. The summed E-state index contributed by atoms with van der Waals surface area (Å²) in [5.74, 6) is -0.615. The van der Waals surface area contributed by atoms with Crippen molar-refractivity contribution in [1.29, 1.82) is 0 Å². The molecule has 0 bridgehead atoms. The summed E-state index contributed by atoms with van der Waals surface area (Å²) < 4.78 is 13.3. The third kappa shape index (κ3) is 2.06. The number of hydrogen-bond donors (Lipinski definition) is 1. The zero-order chi connectivity index (χ0) is 10.0. The number of carbonyl (C=O) groups excluding carboxylic acids is 1. The summed E-state index contributed by atoms with van der Waals surface area (Å²) in [6.45, 7) is 1.71. The molecule has 0 heterocycles. The Labute approximate surface area is 84.1 Å². The van der Waals surface area contributed by atoms with Gasteiger partial charge in [0.2, 0.25) is 0 Å². The van der Waals surface area contributed by atoms with Crippen LogP contribution in [-0.4, -0.2) is 5.78 Å². The van der Waals surface area contributed by atoms with Crippen LogP contribution < -0.4 is 5.73 Å². The second kappa shape index (κ2) is 3.87. The highest BCUT2D eigenvalue weighted by molar-refractivity contribution is 9.10. The van der Waals surface area contributed by atoms with E-state index in [1.54, 1.807) is 6.92 Å². The van der Waals surface area contributed by atoms with E-state index >= 15 is 0 Å². The molecule has 0 aromatic heterocycles. The highest BCUT2D eigenvalue weighted by Crippen LogP contribution is 2.25. The van der Waals surface area contributed by atoms with Crippen LogP contribution in [0.1, 0.15) is 23.7 Å². The van der Waals surface area contributed by atoms with Crippen molar-refractivity contribution in [2.75, 3.05) is 5.73 Å². The van der Waals surface area contributed by atoms with E-state index in [1.807, 2.05) is 0 Å². The van der Waals surface area contributed by atoms with Gasteiger partial charge < -0.3 is 5.73 Å². The van der Waals surface area contributed by atoms with Crippen LogP contribution in [0.15, 0.2) is 16.6 Å². The van der Waals surface area contributed by atoms with Crippen molar-refractivity contribution in [2.24, 2.45) is 0 Å². The van der Waals surface area contributed by atoms with Crippen molar-refractivity contribution in [3.63, 3.8) is 0 Å². The first kappa shape index (κ1) is 10.2. The van der Waals surface area contributed by atoms with E-state index in [9.17, 15) is 9.18 Å². The second-order valence-corrected chi connectivity index (χ2v) is 3.48. The molecule has 0 saturated carbocycles. The zero-order valence-electron chi connectivity index (χ0n) is 7.10. The maximum Gasteiger partial charge on any atom is 0.164 e. The van der Waals surface area contributed by atoms with Crippen LogP contribution in [0.2, 0.25) is 0 Å². The van der Waals surface area contributed by atoms with E-state index in [4.69, 9.17) is 5.73 Å². The molecule has 0 fully saturated rings. The summed E-state index contributed by atoms with van der Waals surface area (Å²) in [5, 5.41) is 0. The summed E-state index contributed by atoms with van der Waals surface area (Å²) in [5.41, 5.74) is 6.14. The van der Waals surface area contributed by atoms with Crippen LogP contribution in [0.5, 0.6) is 0 Å². The molecule has 0 radical (unpaired) electrons. The van der Waals surface area contributed by atoms with E-state index < -0.39 is 5.82 Å². The summed E-state index contributed by atoms with van der Waals surface area (Å²) in [6.07, 6.45) is 0.320. The first-order chi connectivity index (χ1) is 6.06. The van der Waals surface area contributed by atoms with Crippen molar-refractivity contribution >= 4 is 27.4 Å². The van der Waals surface area contributed by atoms with Gasteiger partial charge in [0.15, 0.2) is 5.78 Å². The number of ketones is 1. The maximum atomic E-state index is 12.9. The molecule has 1 aromatic carbocycles. The lowest BCUT2D eigenvalue weighted by Gasteiger charge is -2.05. The van der Waals surface area contributed by atoms with Gasteiger partial charge in [-0.1, -0.05) is 6.92 Å². The monoisotopic (exact) mass is 245 g/mol. The minimum Gasteiger partial charge on any atom is -0.397 e. The number of benzene rings is 1. The fraction of sp³-hybridized carbons (Fsp3) is 0.222. The van der Waals surface area contributed by atoms with Crippen LogP contribution in [0.25, 0.3) is 0 Å². The van der Waals surface area contributed by atoms with E-state index in [0.717, 1.165) is 6.07 Å². The Kier molecular flexibility index (Phi) is 3.03. The molecule has 13 heavy (non-hydrogen) atoms. The van der Waals surface area contributed by atoms with Gasteiger partial charge in [-0.2, -0.15) is 0 Å². The van der Waals surface area contributed by atoms with Gasteiger partial charge in [0.1, 0.15) is 5.82 Å². The smallest absolute Gasteiger partial charge is 0.164 e. The lowest BCUT2D eigenvalue weighted by atomic mass is 10.1. The Balaban J connectivity index is 3.28. The van der Waals surface area contributed by atoms with Crippen LogP contribution in [-0.2, 0) is 0 Å². The zero-order valence-corrected chi connectivity index (χ0v) is 8.69. The van der Waals surface area contributed by atoms with Gasteiger partial charge in [0.05, 0.1) is 5.69 Å². The number of nitrogens with two attached hydrogens (primary N) is 1. The number of nitrogen functional groups attached to an aromatic ring is 1. The Morgan fingerprint density at radius 2 is 2.23 bits per heavy atom. The van der Waals surface area contributed by atoms with Gasteiger partial charge >= 0.3 is 0 Å². The number of anilines is 1. The first-order valence-corrected chi connectivity index (χ1v) is 4.63. The third-order valence-electron chi connectivity index (χ3n) is 1.72. The summed E-state index contributed by atoms with van der Waals surface area (Å²) in [7, 11) is 0. The Morgan fingerprint density at radius 1 is 1.62 bits per heavy atom. The molecule has 0 saturated heterocycles. The molecule has 1 rings (SSSR count). The van der Waals surface area contributed by atoms with Crippen molar-refractivity contribution < 1.29 is 9.18 Å². The second-order valence-electron chi connectivity index (χ2n) is 2.63. The van der Waals surface area contributed by atoms with Gasteiger partial charge in [-0.3, -0.25) is 4.79 Å². The number of hydrogen-bond acceptors (Lipinski definition) is 2. The normalized spacial score (nSPS) is 10.1. The molecule has 0 amide bonds. The Morgan fingerprint density at radius 3 is 2.77 bits per heavy atom. The molecular formula is C9H9BrFNO. The van der Waals surface area contributed by atoms with E-state index in [-0.39, 0.29) is 11.3 Å². The van der Waals surface area contributed by atoms with Crippen molar-refractivity contribution in [3.05, 3.63) is 28.0 Å². The molecule has 70 valence electrons. The molecule has 2 nitrogen and oxygen atoms in total. The lowest BCUT2D eigenvalue weighted by Crippen LogP contribution is -2.03. The largest absolute Gasteiger partial charge is 0.397 e. The van der Waals surface area contributed by atoms with Gasteiger partial charge in [-0.15, -0.1) is 0 Å². The first-order valence-electron chi connectivity index (χ1n) is 3.84. The molecule has 1 aromatic rings. The average molecular weight is 246 g/mol. The van der Waals surface area contributed by atoms with Gasteiger partial charge in [-0.25, -0.2) is 4.39 Å². The van der Waals surface area contributed by atoms with E-state index in [1.165, 1.54) is 6.07 Å². The third-order valence-corrected chi connectivity index (χ3v) is 2.37. The highest BCUT2D eigenvalue weighted by atomic mass is 79.9. The molecule has 0 aliphatic heterocycles. The number of halogens is 2. The molecule has 2 N–H and O–H groups in total. The molecular weight excluding hydrogens is 237 g/mol. The van der Waals surface area contributed by atoms with Crippen molar-refractivity contribution in [2.45, 2.75) is 13.3 Å². The standard InChI is InChI=1S/C9H9BrFNO/c1-2-8(13)6-3-5(11)4-7(10)9(6)12/h3-4H,2,12H2,1H3. The van der Waals surface area contributed by atoms with Crippen LogP contribution >= 0.6 is 15.9 Å². The van der Waals surface area contributed by atoms with Crippen molar-refractivity contribution in [1.82, 2.24) is 0 Å². The molecule has 0 atom stereocenters. The van der Waals surface area contributed by atoms with Crippen LogP contribution in [0, 0.1) is 5.82 Å². The molecule has 0 unspecified atom stereocenters. The number of carbonyl (C=O) groups is 1. The molecule has 0 spiro atoms. The Hall–Kier alpha value is -0.900. The predicted octanol–water partition coefficient (Wildman–Crippen LogP) is 2.76. The van der Waals surface area contributed by atoms with Gasteiger partial charge in [0, 0.05) is 16.5 Å². The van der Waals surface area contributed by atoms with Gasteiger partial charge in [-0.05, 0) is 28.1 Å². The quantitative estimate of drug-likeness (QED) is 0.644. The number of rotatable bonds is 2. The topological polar surface area (TPSA) is 43.1 Å². The fourth-order valence-corrected chi connectivity index (χ4v) is 1.44. The van der Waals surface area contributed by atoms with Crippen LogP contribution in [0.4, 0.5) is 10.1 Å². The summed E-state index contributed by atoms with van der Waals surface area (Å²) in [6, 6.07) is 2.40. The number of Topliss-reactive ketones (excluding diaryl/α,β-unsaturated/α-hetero) is 1. The fourth-order valence-electron chi connectivity index (χ4n) is 1.01. The summed E-state index contributed by atoms with van der Waals surface area (Å²) >= 11 is 3.08. The summed E-state index contributed by atoms with van der Waals surface area (Å²) in [4.78, 5) is 11.3. The van der Waals surface area contributed by atoms with Gasteiger partial charge in [0.25, 0.3) is 0 Å². The molecule has 4 heteroatoms. The minimum absolute atomic E-state index is 0.155. The van der Waals surface area contributed by atoms with E-state index in [2.05, 4.69) is 15.9 Å². The highest BCUT2D eigenvalue weighted by Gasteiger charge is 2.11.